The van der Waals surface area contributed by atoms with E-state index >= 15 is 0 Å². The standard InChI is InChI=1S/C14H24N2O.ClH/c1-9-10(2)16(8-7-15-9)14(17)13-11-5-3-4-6-12(11)13;/h9-13,15H,3-8H2,1-2H3;1H. The SMILES string of the molecule is CC1NCCN(C(=O)C2C3CCCCC32)C1C.Cl. The van der Waals surface area contributed by atoms with Gasteiger partial charge in [0.25, 0.3) is 0 Å². The second kappa shape index (κ2) is 5.38. The average molecular weight is 273 g/mol. The van der Waals surface area contributed by atoms with Gasteiger partial charge < -0.3 is 10.2 Å². The van der Waals surface area contributed by atoms with Crippen molar-refractivity contribution in [3.63, 3.8) is 0 Å². The first kappa shape index (κ1) is 14.1. The van der Waals surface area contributed by atoms with Gasteiger partial charge in [-0.15, -0.1) is 12.4 Å². The highest BCUT2D eigenvalue weighted by Gasteiger charge is 2.56. The van der Waals surface area contributed by atoms with E-state index in [-0.39, 0.29) is 12.4 Å². The Morgan fingerprint density at radius 3 is 2.39 bits per heavy atom. The fourth-order valence-electron chi connectivity index (χ4n) is 3.92. The molecule has 3 fully saturated rings. The Balaban J connectivity index is 0.00000120. The number of piperazine rings is 1. The molecule has 0 aromatic carbocycles. The lowest BCUT2D eigenvalue weighted by Crippen LogP contribution is -2.57. The number of nitrogens with one attached hydrogen (secondary N) is 1. The monoisotopic (exact) mass is 272 g/mol. The summed E-state index contributed by atoms with van der Waals surface area (Å²) in [4.78, 5) is 14.7. The molecule has 3 nitrogen and oxygen atoms in total. The van der Waals surface area contributed by atoms with Gasteiger partial charge in [0.05, 0.1) is 0 Å². The van der Waals surface area contributed by atoms with Crippen LogP contribution in [0.2, 0.25) is 0 Å². The number of carbonyl (C=O) groups is 1. The van der Waals surface area contributed by atoms with Crippen LogP contribution in [0.1, 0.15) is 39.5 Å². The molecule has 4 heteroatoms. The van der Waals surface area contributed by atoms with Crippen molar-refractivity contribution in [2.24, 2.45) is 17.8 Å². The molecule has 0 radical (unpaired) electrons. The first-order valence-electron chi connectivity index (χ1n) is 7.24. The lowest BCUT2D eigenvalue weighted by atomic mass is 10.0. The molecule has 1 N–H and O–H groups in total. The smallest absolute Gasteiger partial charge is 0.226 e. The molecule has 1 aliphatic heterocycles. The van der Waals surface area contributed by atoms with Crippen LogP contribution in [0.25, 0.3) is 0 Å². The average Bonchev–Trinajstić information content (AvgIpc) is 3.06. The Labute approximate surface area is 116 Å². The number of hydrogen-bond acceptors (Lipinski definition) is 2. The summed E-state index contributed by atoms with van der Waals surface area (Å²) in [6.45, 7) is 6.23. The van der Waals surface area contributed by atoms with E-state index in [1.165, 1.54) is 25.7 Å². The van der Waals surface area contributed by atoms with Gasteiger partial charge in [-0.05, 0) is 38.5 Å². The number of halogens is 1. The molecule has 2 saturated carbocycles. The molecule has 0 aromatic rings. The minimum absolute atomic E-state index is 0. The number of hydrogen-bond donors (Lipinski definition) is 1. The number of amides is 1. The second-order valence-corrected chi connectivity index (χ2v) is 6.15. The van der Waals surface area contributed by atoms with E-state index in [0.717, 1.165) is 24.9 Å². The van der Waals surface area contributed by atoms with E-state index in [2.05, 4.69) is 24.1 Å². The summed E-state index contributed by atoms with van der Waals surface area (Å²) in [7, 11) is 0. The number of nitrogens with zero attached hydrogens (tertiary/aromatic N) is 1. The van der Waals surface area contributed by atoms with Crippen molar-refractivity contribution < 1.29 is 4.79 Å². The van der Waals surface area contributed by atoms with E-state index in [1.807, 2.05) is 0 Å². The fourth-order valence-corrected chi connectivity index (χ4v) is 3.92. The highest BCUT2D eigenvalue weighted by atomic mass is 35.5. The van der Waals surface area contributed by atoms with Crippen molar-refractivity contribution in [3.05, 3.63) is 0 Å². The Morgan fingerprint density at radius 1 is 1.17 bits per heavy atom. The number of fused-ring (bicyclic) bond motifs is 1. The number of rotatable bonds is 1. The van der Waals surface area contributed by atoms with Crippen LogP contribution < -0.4 is 5.32 Å². The third-order valence-corrected chi connectivity index (χ3v) is 5.26. The van der Waals surface area contributed by atoms with Gasteiger partial charge in [-0.2, -0.15) is 0 Å². The quantitative estimate of drug-likeness (QED) is 0.792. The normalized spacial score (nSPS) is 42.8. The zero-order chi connectivity index (χ0) is 12.0. The lowest BCUT2D eigenvalue weighted by molar-refractivity contribution is -0.136. The van der Waals surface area contributed by atoms with Gasteiger partial charge in [0.15, 0.2) is 0 Å². The van der Waals surface area contributed by atoms with Crippen LogP contribution in [0.15, 0.2) is 0 Å². The molecule has 4 atom stereocenters. The van der Waals surface area contributed by atoms with Crippen molar-refractivity contribution in [2.75, 3.05) is 13.1 Å². The molecular weight excluding hydrogens is 248 g/mol. The Kier molecular flexibility index (Phi) is 4.22. The molecular formula is C14H25ClN2O. The molecule has 0 spiro atoms. The van der Waals surface area contributed by atoms with E-state index in [0.29, 0.717) is 23.9 Å². The molecule has 18 heavy (non-hydrogen) atoms. The lowest BCUT2D eigenvalue weighted by Gasteiger charge is -2.39. The van der Waals surface area contributed by atoms with Crippen molar-refractivity contribution in [1.82, 2.24) is 10.2 Å². The van der Waals surface area contributed by atoms with Crippen LogP contribution in [-0.4, -0.2) is 36.0 Å². The van der Waals surface area contributed by atoms with Gasteiger partial charge in [-0.3, -0.25) is 4.79 Å². The second-order valence-electron chi connectivity index (χ2n) is 6.15. The van der Waals surface area contributed by atoms with Gasteiger partial charge in [0.2, 0.25) is 5.91 Å². The summed E-state index contributed by atoms with van der Waals surface area (Å²) in [6, 6.07) is 0.799. The highest BCUT2D eigenvalue weighted by Crippen LogP contribution is 2.56. The molecule has 4 unspecified atom stereocenters. The van der Waals surface area contributed by atoms with E-state index < -0.39 is 0 Å². The molecule has 0 aromatic heterocycles. The van der Waals surface area contributed by atoms with Gasteiger partial charge >= 0.3 is 0 Å². The van der Waals surface area contributed by atoms with E-state index in [4.69, 9.17) is 0 Å². The summed E-state index contributed by atoms with van der Waals surface area (Å²) < 4.78 is 0. The van der Waals surface area contributed by atoms with Crippen molar-refractivity contribution in [1.29, 1.82) is 0 Å². The van der Waals surface area contributed by atoms with Crippen LogP contribution in [0.4, 0.5) is 0 Å². The maximum absolute atomic E-state index is 12.6. The van der Waals surface area contributed by atoms with Gasteiger partial charge in [0, 0.05) is 31.1 Å². The maximum Gasteiger partial charge on any atom is 0.226 e. The highest BCUT2D eigenvalue weighted by molar-refractivity contribution is 5.85. The first-order valence-corrected chi connectivity index (χ1v) is 7.24. The van der Waals surface area contributed by atoms with Gasteiger partial charge in [-0.25, -0.2) is 0 Å². The van der Waals surface area contributed by atoms with Crippen molar-refractivity contribution >= 4 is 18.3 Å². The van der Waals surface area contributed by atoms with Crippen LogP contribution in [0, 0.1) is 17.8 Å². The molecule has 0 bridgehead atoms. The molecule has 2 aliphatic carbocycles. The molecule has 1 saturated heterocycles. The Bertz CT molecular complexity index is 311. The van der Waals surface area contributed by atoms with Crippen molar-refractivity contribution in [2.45, 2.75) is 51.6 Å². The van der Waals surface area contributed by atoms with E-state index in [9.17, 15) is 4.79 Å². The van der Waals surface area contributed by atoms with Gasteiger partial charge in [-0.1, -0.05) is 12.8 Å². The minimum Gasteiger partial charge on any atom is -0.337 e. The van der Waals surface area contributed by atoms with Gasteiger partial charge in [0.1, 0.15) is 0 Å². The Morgan fingerprint density at radius 2 is 1.78 bits per heavy atom. The summed E-state index contributed by atoms with van der Waals surface area (Å²) >= 11 is 0. The third-order valence-electron chi connectivity index (χ3n) is 5.26. The van der Waals surface area contributed by atoms with Crippen LogP contribution in [-0.2, 0) is 4.79 Å². The molecule has 3 aliphatic rings. The first-order chi connectivity index (χ1) is 8.20. The van der Waals surface area contributed by atoms with Crippen LogP contribution >= 0.6 is 12.4 Å². The summed E-state index contributed by atoms with van der Waals surface area (Å²) in [5.74, 6) is 2.34. The summed E-state index contributed by atoms with van der Waals surface area (Å²) in [6.07, 6.45) is 5.30. The fraction of sp³-hybridized carbons (Fsp3) is 0.929. The predicted octanol–water partition coefficient (Wildman–Crippen LogP) is 2.05. The van der Waals surface area contributed by atoms with E-state index in [1.54, 1.807) is 0 Å². The maximum atomic E-state index is 12.6. The molecule has 1 heterocycles. The molecule has 3 rings (SSSR count). The van der Waals surface area contributed by atoms with Crippen molar-refractivity contribution in [3.8, 4) is 0 Å². The topological polar surface area (TPSA) is 32.3 Å². The van der Waals surface area contributed by atoms with Crippen LogP contribution in [0.3, 0.4) is 0 Å². The largest absolute Gasteiger partial charge is 0.337 e. The predicted molar refractivity (Wildman–Crippen MR) is 74.8 cm³/mol. The minimum atomic E-state index is 0. The summed E-state index contributed by atoms with van der Waals surface area (Å²) in [5, 5.41) is 3.44. The molecule has 1 amide bonds. The van der Waals surface area contributed by atoms with Crippen LogP contribution in [0.5, 0.6) is 0 Å². The molecule has 104 valence electrons. The zero-order valence-electron chi connectivity index (χ0n) is 11.4. The number of carbonyl (C=O) groups excluding carboxylic acids is 1. The zero-order valence-corrected chi connectivity index (χ0v) is 12.2. The summed E-state index contributed by atoms with van der Waals surface area (Å²) in [5.41, 5.74) is 0. The Hall–Kier alpha value is -0.280. The third kappa shape index (κ3) is 2.27.